The van der Waals surface area contributed by atoms with E-state index in [0.29, 0.717) is 5.56 Å². The van der Waals surface area contributed by atoms with Crippen molar-refractivity contribution >= 4 is 0 Å². The number of aryl methyl sites for hydroxylation is 1. The monoisotopic (exact) mass is 198 g/mol. The first-order valence-electron chi connectivity index (χ1n) is 4.73. The van der Waals surface area contributed by atoms with Gasteiger partial charge in [-0.1, -0.05) is 0 Å². The molecular weight excluding hydrogens is 186 g/mol. The van der Waals surface area contributed by atoms with Crippen LogP contribution in [-0.4, -0.2) is 5.11 Å². The van der Waals surface area contributed by atoms with Gasteiger partial charge in [-0.15, -0.1) is 0 Å². The minimum absolute atomic E-state index is 0.161. The predicted molar refractivity (Wildman–Crippen MR) is 48.8 cm³/mol. The Morgan fingerprint density at radius 2 is 1.93 bits per heavy atom. The molecule has 14 heavy (non-hydrogen) atoms. The van der Waals surface area contributed by atoms with E-state index >= 15 is 0 Å². The van der Waals surface area contributed by atoms with Crippen LogP contribution in [0.5, 0.6) is 0 Å². The Bertz CT molecular complexity index is 359. The topological polar surface area (TPSA) is 20.2 Å². The molecule has 0 aromatic heterocycles. The Morgan fingerprint density at radius 3 is 2.50 bits per heavy atom. The zero-order chi connectivity index (χ0) is 10.3. The fourth-order valence-corrected chi connectivity index (χ4v) is 1.57. The van der Waals surface area contributed by atoms with E-state index in [1.165, 1.54) is 6.07 Å². The molecular formula is C11H12F2O. The highest BCUT2D eigenvalue weighted by molar-refractivity contribution is 5.28. The molecule has 1 aliphatic carbocycles. The minimum Gasteiger partial charge on any atom is -0.388 e. The largest absolute Gasteiger partial charge is 0.388 e. The van der Waals surface area contributed by atoms with Crippen LogP contribution in [0.15, 0.2) is 12.1 Å². The molecule has 0 spiro atoms. The van der Waals surface area contributed by atoms with Gasteiger partial charge in [0.15, 0.2) is 0 Å². The van der Waals surface area contributed by atoms with Gasteiger partial charge >= 0.3 is 0 Å². The summed E-state index contributed by atoms with van der Waals surface area (Å²) < 4.78 is 26.2. The lowest BCUT2D eigenvalue weighted by atomic mass is 10.0. The van der Waals surface area contributed by atoms with Crippen molar-refractivity contribution in [2.24, 2.45) is 5.92 Å². The molecule has 76 valence electrons. The summed E-state index contributed by atoms with van der Waals surface area (Å²) in [7, 11) is 0. The third kappa shape index (κ3) is 1.64. The van der Waals surface area contributed by atoms with Gasteiger partial charge in [0.25, 0.3) is 0 Å². The summed E-state index contributed by atoms with van der Waals surface area (Å²) in [5.74, 6) is -1.05. The van der Waals surface area contributed by atoms with Crippen LogP contribution in [0.3, 0.4) is 0 Å². The first-order chi connectivity index (χ1) is 6.59. The third-order valence-electron chi connectivity index (χ3n) is 2.67. The van der Waals surface area contributed by atoms with Gasteiger partial charge < -0.3 is 5.11 Å². The number of aliphatic hydroxyl groups excluding tert-OH is 1. The molecule has 1 aromatic rings. The van der Waals surface area contributed by atoms with Crippen LogP contribution in [-0.2, 0) is 0 Å². The van der Waals surface area contributed by atoms with Crippen LogP contribution < -0.4 is 0 Å². The quantitative estimate of drug-likeness (QED) is 0.774. The predicted octanol–water partition coefficient (Wildman–Crippen LogP) is 2.72. The van der Waals surface area contributed by atoms with Crippen LogP contribution in [0.1, 0.15) is 30.1 Å². The lowest BCUT2D eigenvalue weighted by Gasteiger charge is -2.11. The van der Waals surface area contributed by atoms with Gasteiger partial charge in [-0.25, -0.2) is 8.78 Å². The molecule has 1 aliphatic rings. The van der Waals surface area contributed by atoms with E-state index in [4.69, 9.17) is 0 Å². The molecule has 0 saturated heterocycles. The average molecular weight is 198 g/mol. The molecule has 0 bridgehead atoms. The van der Waals surface area contributed by atoms with E-state index in [9.17, 15) is 13.9 Å². The maximum absolute atomic E-state index is 13.3. The van der Waals surface area contributed by atoms with Crippen molar-refractivity contribution in [3.05, 3.63) is 34.9 Å². The molecule has 0 aliphatic heterocycles. The Labute approximate surface area is 81.4 Å². The van der Waals surface area contributed by atoms with Crippen molar-refractivity contribution in [2.75, 3.05) is 0 Å². The Morgan fingerprint density at radius 1 is 1.29 bits per heavy atom. The average Bonchev–Trinajstić information content (AvgIpc) is 2.93. The van der Waals surface area contributed by atoms with Gasteiger partial charge in [0, 0.05) is 11.6 Å². The van der Waals surface area contributed by atoms with Gasteiger partial charge in [0.1, 0.15) is 11.6 Å². The highest BCUT2D eigenvalue weighted by atomic mass is 19.1. The van der Waals surface area contributed by atoms with Crippen molar-refractivity contribution in [3.8, 4) is 0 Å². The fraction of sp³-hybridized carbons (Fsp3) is 0.455. The van der Waals surface area contributed by atoms with Crippen LogP contribution in [0, 0.1) is 24.5 Å². The molecule has 1 unspecified atom stereocenters. The summed E-state index contributed by atoms with van der Waals surface area (Å²) in [6, 6.07) is 2.24. The third-order valence-corrected chi connectivity index (χ3v) is 2.67. The normalized spacial score (nSPS) is 18.3. The SMILES string of the molecule is Cc1cc(C(O)C2CC2)c(F)cc1F. The lowest BCUT2D eigenvalue weighted by molar-refractivity contribution is 0.149. The second kappa shape index (κ2) is 3.31. The Kier molecular flexibility index (Phi) is 2.27. The molecule has 3 heteroatoms. The van der Waals surface area contributed by atoms with Crippen LogP contribution in [0.25, 0.3) is 0 Å². The van der Waals surface area contributed by atoms with Crippen molar-refractivity contribution in [2.45, 2.75) is 25.9 Å². The van der Waals surface area contributed by atoms with E-state index in [0.717, 1.165) is 18.9 Å². The molecule has 1 N–H and O–H groups in total. The summed E-state index contributed by atoms with van der Waals surface area (Å²) in [6.07, 6.45) is 1.09. The van der Waals surface area contributed by atoms with E-state index in [-0.39, 0.29) is 11.5 Å². The van der Waals surface area contributed by atoms with Crippen molar-refractivity contribution in [1.82, 2.24) is 0 Å². The van der Waals surface area contributed by atoms with Crippen molar-refractivity contribution in [1.29, 1.82) is 0 Å². The first kappa shape index (κ1) is 9.59. The van der Waals surface area contributed by atoms with Crippen LogP contribution in [0.4, 0.5) is 8.78 Å². The maximum Gasteiger partial charge on any atom is 0.131 e. The summed E-state index contributed by atoms with van der Waals surface area (Å²) >= 11 is 0. The summed E-state index contributed by atoms with van der Waals surface area (Å²) in [4.78, 5) is 0. The number of hydrogen-bond acceptors (Lipinski definition) is 1. The molecule has 1 aromatic carbocycles. The Balaban J connectivity index is 2.36. The van der Waals surface area contributed by atoms with Crippen molar-refractivity contribution < 1.29 is 13.9 Å². The molecule has 1 nitrogen and oxygen atoms in total. The molecule has 0 radical (unpaired) electrons. The zero-order valence-corrected chi connectivity index (χ0v) is 7.93. The number of halogens is 2. The van der Waals surface area contributed by atoms with E-state index in [2.05, 4.69) is 0 Å². The van der Waals surface area contributed by atoms with Crippen LogP contribution >= 0.6 is 0 Å². The number of benzene rings is 1. The maximum atomic E-state index is 13.3. The van der Waals surface area contributed by atoms with E-state index < -0.39 is 17.7 Å². The standard InChI is InChI=1S/C11H12F2O/c1-6-4-8(10(13)5-9(6)12)11(14)7-2-3-7/h4-5,7,11,14H,2-3H2,1H3. The molecule has 1 atom stereocenters. The summed E-state index contributed by atoms with van der Waals surface area (Å²) in [5.41, 5.74) is 0.604. The fourth-order valence-electron chi connectivity index (χ4n) is 1.57. The number of hydrogen-bond donors (Lipinski definition) is 1. The van der Waals surface area contributed by atoms with Gasteiger partial charge in [0.05, 0.1) is 6.10 Å². The highest BCUT2D eigenvalue weighted by Crippen LogP contribution is 2.41. The Hall–Kier alpha value is -0.960. The molecule has 0 amide bonds. The summed E-state index contributed by atoms with van der Waals surface area (Å²) in [6.45, 7) is 1.57. The summed E-state index contributed by atoms with van der Waals surface area (Å²) in [5, 5.41) is 9.69. The number of aliphatic hydroxyl groups is 1. The van der Waals surface area contributed by atoms with E-state index in [1.807, 2.05) is 0 Å². The highest BCUT2D eigenvalue weighted by Gasteiger charge is 2.32. The molecule has 0 heterocycles. The van der Waals surface area contributed by atoms with Gasteiger partial charge in [-0.2, -0.15) is 0 Å². The second-order valence-corrected chi connectivity index (χ2v) is 3.91. The zero-order valence-electron chi connectivity index (χ0n) is 7.93. The van der Waals surface area contributed by atoms with Crippen LogP contribution in [0.2, 0.25) is 0 Å². The first-order valence-corrected chi connectivity index (χ1v) is 4.73. The molecule has 1 saturated carbocycles. The second-order valence-electron chi connectivity index (χ2n) is 3.91. The minimum atomic E-state index is -0.769. The molecule has 2 rings (SSSR count). The van der Waals surface area contributed by atoms with Gasteiger partial charge in [-0.05, 0) is 37.3 Å². The lowest BCUT2D eigenvalue weighted by Crippen LogP contribution is -2.04. The molecule has 1 fully saturated rings. The van der Waals surface area contributed by atoms with Crippen molar-refractivity contribution in [3.63, 3.8) is 0 Å². The van der Waals surface area contributed by atoms with Gasteiger partial charge in [-0.3, -0.25) is 0 Å². The van der Waals surface area contributed by atoms with Gasteiger partial charge in [0.2, 0.25) is 0 Å². The smallest absolute Gasteiger partial charge is 0.131 e. The number of rotatable bonds is 2. The van der Waals surface area contributed by atoms with E-state index in [1.54, 1.807) is 6.92 Å².